The van der Waals surface area contributed by atoms with Crippen LogP contribution in [-0.4, -0.2) is 47.7 Å². The third-order valence-corrected chi connectivity index (χ3v) is 5.62. The maximum atomic E-state index is 13.0. The average molecular weight is 433 g/mol. The van der Waals surface area contributed by atoms with Crippen LogP contribution in [0.15, 0.2) is 51.6 Å². The number of piperidine rings is 1. The lowest BCUT2D eigenvalue weighted by Crippen LogP contribution is -2.46. The van der Waals surface area contributed by atoms with Crippen LogP contribution in [0.4, 0.5) is 0 Å². The molecule has 1 saturated heterocycles. The molecule has 0 aliphatic carbocycles. The van der Waals surface area contributed by atoms with E-state index >= 15 is 0 Å². The number of likely N-dealkylation sites (tertiary alicyclic amines) is 1. The van der Waals surface area contributed by atoms with Gasteiger partial charge < -0.3 is 14.2 Å². The third kappa shape index (κ3) is 5.53. The first-order valence-electron chi connectivity index (χ1n) is 9.32. The molecule has 0 spiro atoms. The lowest BCUT2D eigenvalue weighted by molar-refractivity contribution is -0.135. The van der Waals surface area contributed by atoms with Crippen LogP contribution in [0.3, 0.4) is 0 Å². The largest absolute Gasteiger partial charge is 0.467 e. The highest BCUT2D eigenvalue weighted by molar-refractivity contribution is 9.10. The standard InChI is InChI=1S/C21H25BrN2O3/c1-23-12-10-18(11-13-23)24(15-19-3-2-14-27-19)21(26)9-8-20(25)16-4-6-17(22)7-5-16/h2-7,14,18H,8-13,15H2,1H3. The van der Waals surface area contributed by atoms with E-state index in [1.807, 2.05) is 29.2 Å². The molecular formula is C21H25BrN2O3. The molecule has 1 fully saturated rings. The average Bonchev–Trinajstić information content (AvgIpc) is 3.18. The Morgan fingerprint density at radius 2 is 1.85 bits per heavy atom. The Labute approximate surface area is 168 Å². The van der Waals surface area contributed by atoms with Crippen LogP contribution in [0, 0.1) is 0 Å². The summed E-state index contributed by atoms with van der Waals surface area (Å²) in [5, 5.41) is 0. The molecule has 0 N–H and O–H groups in total. The van der Waals surface area contributed by atoms with Crippen molar-refractivity contribution in [3.05, 3.63) is 58.5 Å². The van der Waals surface area contributed by atoms with Gasteiger partial charge in [0.1, 0.15) is 5.76 Å². The van der Waals surface area contributed by atoms with Gasteiger partial charge in [-0.3, -0.25) is 9.59 Å². The Balaban J connectivity index is 1.63. The summed E-state index contributed by atoms with van der Waals surface area (Å²) < 4.78 is 6.39. The zero-order valence-electron chi connectivity index (χ0n) is 15.6. The maximum Gasteiger partial charge on any atom is 0.223 e. The highest BCUT2D eigenvalue weighted by Gasteiger charge is 2.28. The van der Waals surface area contributed by atoms with Crippen LogP contribution < -0.4 is 0 Å². The van der Waals surface area contributed by atoms with Gasteiger partial charge in [-0.1, -0.05) is 28.1 Å². The highest BCUT2D eigenvalue weighted by atomic mass is 79.9. The van der Waals surface area contributed by atoms with Crippen molar-refractivity contribution in [1.29, 1.82) is 0 Å². The summed E-state index contributed by atoms with van der Waals surface area (Å²) in [6.45, 7) is 2.42. The normalized spacial score (nSPS) is 15.6. The minimum absolute atomic E-state index is 0.00261. The SMILES string of the molecule is CN1CCC(N(Cc2ccco2)C(=O)CCC(=O)c2ccc(Br)cc2)CC1. The number of carbonyl (C=O) groups excluding carboxylic acids is 2. The second kappa shape index (κ2) is 9.33. The fourth-order valence-electron chi connectivity index (χ4n) is 3.44. The molecule has 2 heterocycles. The zero-order chi connectivity index (χ0) is 19.2. The summed E-state index contributed by atoms with van der Waals surface area (Å²) in [4.78, 5) is 29.5. The summed E-state index contributed by atoms with van der Waals surface area (Å²) >= 11 is 3.37. The van der Waals surface area contributed by atoms with Crippen molar-refractivity contribution in [2.75, 3.05) is 20.1 Å². The molecule has 0 atom stereocenters. The Hall–Kier alpha value is -1.92. The monoisotopic (exact) mass is 432 g/mol. The van der Waals surface area contributed by atoms with Gasteiger partial charge in [0.2, 0.25) is 5.91 Å². The van der Waals surface area contributed by atoms with Crippen molar-refractivity contribution >= 4 is 27.6 Å². The van der Waals surface area contributed by atoms with E-state index in [0.29, 0.717) is 12.1 Å². The summed E-state index contributed by atoms with van der Waals surface area (Å²) in [6, 6.07) is 11.2. The molecule has 1 aliphatic rings. The molecule has 3 rings (SSSR count). The molecule has 2 aromatic rings. The van der Waals surface area contributed by atoms with Gasteiger partial charge in [-0.25, -0.2) is 0 Å². The molecular weight excluding hydrogens is 408 g/mol. The number of Topliss-reactive ketones (excluding diaryl/α,β-unsaturated/α-hetero) is 1. The number of hydrogen-bond acceptors (Lipinski definition) is 4. The van der Waals surface area contributed by atoms with Gasteiger partial charge in [-0.15, -0.1) is 0 Å². The molecule has 0 bridgehead atoms. The molecule has 6 heteroatoms. The lowest BCUT2D eigenvalue weighted by Gasteiger charge is -2.37. The van der Waals surface area contributed by atoms with Crippen molar-refractivity contribution < 1.29 is 14.0 Å². The first-order chi connectivity index (χ1) is 13.0. The molecule has 1 aromatic heterocycles. The van der Waals surface area contributed by atoms with Gasteiger partial charge in [0.05, 0.1) is 12.8 Å². The Bertz CT molecular complexity index is 750. The van der Waals surface area contributed by atoms with Crippen molar-refractivity contribution in [3.8, 4) is 0 Å². The highest BCUT2D eigenvalue weighted by Crippen LogP contribution is 2.21. The number of hydrogen-bond donors (Lipinski definition) is 0. The van der Waals surface area contributed by atoms with E-state index in [9.17, 15) is 9.59 Å². The predicted octanol–water partition coefficient (Wildman–Crippen LogP) is 4.13. The number of nitrogens with zero attached hydrogens (tertiary/aromatic N) is 2. The molecule has 0 unspecified atom stereocenters. The number of ketones is 1. The van der Waals surface area contributed by atoms with Crippen LogP contribution in [-0.2, 0) is 11.3 Å². The Morgan fingerprint density at radius 3 is 2.48 bits per heavy atom. The summed E-state index contributed by atoms with van der Waals surface area (Å²) in [6.07, 6.45) is 3.97. The van der Waals surface area contributed by atoms with Crippen molar-refractivity contribution in [1.82, 2.24) is 9.80 Å². The molecule has 27 heavy (non-hydrogen) atoms. The van der Waals surface area contributed by atoms with Crippen LogP contribution in [0.25, 0.3) is 0 Å². The number of benzene rings is 1. The molecule has 1 aliphatic heterocycles. The van der Waals surface area contributed by atoms with E-state index in [-0.39, 0.29) is 30.6 Å². The van der Waals surface area contributed by atoms with Gasteiger partial charge in [-0.2, -0.15) is 0 Å². The fourth-order valence-corrected chi connectivity index (χ4v) is 3.71. The molecule has 0 radical (unpaired) electrons. The summed E-state index contributed by atoms with van der Waals surface area (Å²) in [5.41, 5.74) is 0.642. The molecule has 0 saturated carbocycles. The van der Waals surface area contributed by atoms with E-state index < -0.39 is 0 Å². The Morgan fingerprint density at radius 1 is 1.15 bits per heavy atom. The van der Waals surface area contributed by atoms with E-state index in [1.54, 1.807) is 18.4 Å². The predicted molar refractivity (Wildman–Crippen MR) is 107 cm³/mol. The van der Waals surface area contributed by atoms with Gasteiger partial charge in [0.25, 0.3) is 0 Å². The number of furan rings is 1. The molecule has 5 nitrogen and oxygen atoms in total. The first-order valence-corrected chi connectivity index (χ1v) is 10.1. The van der Waals surface area contributed by atoms with Gasteiger partial charge in [0, 0.05) is 28.9 Å². The van der Waals surface area contributed by atoms with Crippen LogP contribution in [0.1, 0.15) is 41.8 Å². The molecule has 144 valence electrons. The smallest absolute Gasteiger partial charge is 0.223 e. The maximum absolute atomic E-state index is 13.0. The molecule has 1 amide bonds. The number of carbonyl (C=O) groups is 2. The van der Waals surface area contributed by atoms with Crippen molar-refractivity contribution in [3.63, 3.8) is 0 Å². The second-order valence-corrected chi connectivity index (χ2v) is 7.98. The summed E-state index contributed by atoms with van der Waals surface area (Å²) in [5.74, 6) is 0.796. The van der Waals surface area contributed by atoms with Crippen LogP contribution >= 0.6 is 15.9 Å². The lowest BCUT2D eigenvalue weighted by atomic mass is 10.0. The van der Waals surface area contributed by atoms with Gasteiger partial charge in [0.15, 0.2) is 5.78 Å². The van der Waals surface area contributed by atoms with Gasteiger partial charge >= 0.3 is 0 Å². The number of rotatable bonds is 7. The van der Waals surface area contributed by atoms with Gasteiger partial charge in [-0.05, 0) is 57.2 Å². The van der Waals surface area contributed by atoms with Crippen molar-refractivity contribution in [2.45, 2.75) is 38.3 Å². The van der Waals surface area contributed by atoms with E-state index in [1.165, 1.54) is 0 Å². The minimum atomic E-state index is -0.00261. The first kappa shape index (κ1) is 19.8. The molecule has 1 aromatic carbocycles. The fraction of sp³-hybridized carbons (Fsp3) is 0.429. The quantitative estimate of drug-likeness (QED) is 0.617. The van der Waals surface area contributed by atoms with Crippen LogP contribution in [0.5, 0.6) is 0 Å². The Kier molecular flexibility index (Phi) is 6.85. The summed E-state index contributed by atoms with van der Waals surface area (Å²) in [7, 11) is 2.10. The topological polar surface area (TPSA) is 53.8 Å². The number of amides is 1. The minimum Gasteiger partial charge on any atom is -0.467 e. The zero-order valence-corrected chi connectivity index (χ0v) is 17.2. The van der Waals surface area contributed by atoms with E-state index in [0.717, 1.165) is 36.2 Å². The third-order valence-electron chi connectivity index (χ3n) is 5.09. The van der Waals surface area contributed by atoms with Crippen LogP contribution in [0.2, 0.25) is 0 Å². The van der Waals surface area contributed by atoms with E-state index in [4.69, 9.17) is 4.42 Å². The van der Waals surface area contributed by atoms with E-state index in [2.05, 4.69) is 27.9 Å². The van der Waals surface area contributed by atoms with Crippen molar-refractivity contribution in [2.24, 2.45) is 0 Å². The second-order valence-electron chi connectivity index (χ2n) is 7.07. The number of halogens is 1.